The smallest absolute Gasteiger partial charge is 0.300 e. The van der Waals surface area contributed by atoms with Crippen LogP contribution in [0.25, 0.3) is 33.9 Å². The zero-order chi connectivity index (χ0) is 23.4. The molecule has 4 aromatic rings. The number of imidazole rings is 1. The Hall–Kier alpha value is -3.95. The fraction of sp³-hybridized carbons (Fsp3) is 0.208. The summed E-state index contributed by atoms with van der Waals surface area (Å²) in [6.45, 7) is 2.13. The number of H-pyrrole nitrogens is 1. The Morgan fingerprint density at radius 3 is 2.55 bits per heavy atom. The molecule has 1 aliphatic heterocycles. The number of benzene rings is 2. The van der Waals surface area contributed by atoms with Crippen molar-refractivity contribution in [1.29, 1.82) is 0 Å². The molecule has 1 fully saturated rings. The summed E-state index contributed by atoms with van der Waals surface area (Å²) in [5.41, 5.74) is 3.14. The van der Waals surface area contributed by atoms with Crippen molar-refractivity contribution in [1.82, 2.24) is 20.6 Å². The second-order valence-corrected chi connectivity index (χ2v) is 7.67. The van der Waals surface area contributed by atoms with Gasteiger partial charge in [0.05, 0.1) is 23.2 Å². The number of carbonyl (C=O) groups is 2. The topological polar surface area (TPSA) is 140 Å². The number of furan rings is 1. The van der Waals surface area contributed by atoms with Crippen molar-refractivity contribution in [3.63, 3.8) is 0 Å². The number of aliphatic hydroxyl groups excluding tert-OH is 1. The van der Waals surface area contributed by atoms with E-state index in [0.717, 1.165) is 23.5 Å². The second-order valence-electron chi connectivity index (χ2n) is 7.67. The van der Waals surface area contributed by atoms with E-state index in [1.54, 1.807) is 12.1 Å². The number of rotatable bonds is 4. The number of carboxylic acid groups (broad SMARTS) is 1. The third-order valence-electron chi connectivity index (χ3n) is 5.14. The van der Waals surface area contributed by atoms with Crippen LogP contribution in [0.5, 0.6) is 0 Å². The number of fused-ring (bicyclic) bond motifs is 1. The van der Waals surface area contributed by atoms with Crippen LogP contribution in [0.2, 0.25) is 0 Å². The molecule has 5 rings (SSSR count). The molecule has 0 aliphatic carbocycles. The predicted octanol–water partition coefficient (Wildman–Crippen LogP) is 2.64. The number of aromatic amines is 1. The van der Waals surface area contributed by atoms with E-state index in [0.29, 0.717) is 36.0 Å². The van der Waals surface area contributed by atoms with Crippen LogP contribution < -0.4 is 10.6 Å². The molecule has 2 aromatic carbocycles. The Morgan fingerprint density at radius 1 is 1.06 bits per heavy atom. The molecule has 5 N–H and O–H groups in total. The lowest BCUT2D eigenvalue weighted by Gasteiger charge is -2.15. The number of aromatic nitrogens is 2. The normalized spacial score (nSPS) is 17.4. The van der Waals surface area contributed by atoms with Gasteiger partial charge in [0, 0.05) is 31.1 Å². The molecule has 9 heteroatoms. The number of carboxylic acids is 1. The van der Waals surface area contributed by atoms with Crippen LogP contribution in [0.4, 0.5) is 0 Å². The first kappa shape index (κ1) is 22.3. The van der Waals surface area contributed by atoms with Crippen molar-refractivity contribution in [2.45, 2.75) is 19.1 Å². The van der Waals surface area contributed by atoms with Crippen LogP contribution in [0.15, 0.2) is 65.1 Å². The first-order valence-corrected chi connectivity index (χ1v) is 10.5. The standard InChI is InChI=1S/C22H20N4O3.C2H4O2/c27-18-12-23-11-17(18)26-22(28)14-5-3-4-13(10-14)19-8-9-20(29-19)21-24-15-6-1-2-7-16(15)25-21;1-2(3)4/h1-10,17-18,23,27H,11-12H2,(H,24,25)(H,26,28);1H3,(H,3,4)/t17-,18+;/m0./s1. The minimum atomic E-state index is -0.833. The Kier molecular flexibility index (Phi) is 6.53. The van der Waals surface area contributed by atoms with Crippen molar-refractivity contribution in [2.24, 2.45) is 0 Å². The number of para-hydroxylation sites is 2. The van der Waals surface area contributed by atoms with Crippen molar-refractivity contribution in [2.75, 3.05) is 13.1 Å². The number of aliphatic carboxylic acids is 1. The number of aliphatic hydroxyl groups is 1. The van der Waals surface area contributed by atoms with Crippen LogP contribution in [0, 0.1) is 0 Å². The molecule has 2 aromatic heterocycles. The number of hydrogen-bond donors (Lipinski definition) is 5. The molecule has 1 amide bonds. The van der Waals surface area contributed by atoms with Crippen molar-refractivity contribution in [3.8, 4) is 22.9 Å². The average molecular weight is 448 g/mol. The minimum Gasteiger partial charge on any atom is -0.481 e. The lowest BCUT2D eigenvalue weighted by atomic mass is 10.1. The summed E-state index contributed by atoms with van der Waals surface area (Å²) < 4.78 is 6.00. The summed E-state index contributed by atoms with van der Waals surface area (Å²) in [4.78, 5) is 29.4. The molecule has 1 saturated heterocycles. The maximum Gasteiger partial charge on any atom is 0.300 e. The van der Waals surface area contributed by atoms with Crippen LogP contribution in [0.1, 0.15) is 17.3 Å². The average Bonchev–Trinajstić information content (AvgIpc) is 3.53. The molecule has 0 spiro atoms. The van der Waals surface area contributed by atoms with Gasteiger partial charge in [-0.1, -0.05) is 24.3 Å². The Morgan fingerprint density at radius 2 is 1.82 bits per heavy atom. The van der Waals surface area contributed by atoms with Gasteiger partial charge in [-0.2, -0.15) is 0 Å². The lowest BCUT2D eigenvalue weighted by Crippen LogP contribution is -2.42. The van der Waals surface area contributed by atoms with Crippen molar-refractivity contribution >= 4 is 22.9 Å². The maximum absolute atomic E-state index is 12.6. The highest BCUT2D eigenvalue weighted by atomic mass is 16.4. The van der Waals surface area contributed by atoms with Crippen LogP contribution in [-0.2, 0) is 4.79 Å². The minimum absolute atomic E-state index is 0.219. The number of carbonyl (C=O) groups excluding carboxylic acids is 1. The fourth-order valence-corrected chi connectivity index (χ4v) is 3.57. The van der Waals surface area contributed by atoms with Gasteiger partial charge in [0.15, 0.2) is 11.6 Å². The predicted molar refractivity (Wildman–Crippen MR) is 123 cm³/mol. The van der Waals surface area contributed by atoms with Crippen LogP contribution >= 0.6 is 0 Å². The van der Waals surface area contributed by atoms with Gasteiger partial charge in [0.2, 0.25) is 0 Å². The van der Waals surface area contributed by atoms with E-state index >= 15 is 0 Å². The van der Waals surface area contributed by atoms with E-state index in [9.17, 15) is 9.90 Å². The largest absolute Gasteiger partial charge is 0.481 e. The first-order chi connectivity index (χ1) is 15.9. The lowest BCUT2D eigenvalue weighted by molar-refractivity contribution is -0.134. The van der Waals surface area contributed by atoms with Crippen molar-refractivity contribution < 1.29 is 24.2 Å². The van der Waals surface area contributed by atoms with Gasteiger partial charge in [-0.15, -0.1) is 0 Å². The SMILES string of the molecule is CC(=O)O.O=C(N[C@H]1CNC[C@H]1O)c1cccc(-c2ccc(-c3nc4ccccc4[nH]3)o2)c1. The summed E-state index contributed by atoms with van der Waals surface area (Å²) >= 11 is 0. The summed E-state index contributed by atoms with van der Waals surface area (Å²) in [7, 11) is 0. The summed E-state index contributed by atoms with van der Waals surface area (Å²) in [5, 5.41) is 23.2. The molecule has 9 nitrogen and oxygen atoms in total. The molecule has 1 aliphatic rings. The van der Waals surface area contributed by atoms with Gasteiger partial charge in [0.1, 0.15) is 5.76 Å². The third kappa shape index (κ3) is 5.28. The fourth-order valence-electron chi connectivity index (χ4n) is 3.57. The van der Waals surface area contributed by atoms with E-state index in [1.807, 2.05) is 48.5 Å². The third-order valence-corrected chi connectivity index (χ3v) is 5.14. The van der Waals surface area contributed by atoms with Crippen LogP contribution in [0.3, 0.4) is 0 Å². The van der Waals surface area contributed by atoms with Gasteiger partial charge in [-0.05, 0) is 36.4 Å². The molecule has 0 bridgehead atoms. The molecular formula is C24H24N4O5. The Bertz CT molecular complexity index is 1240. The molecule has 0 saturated carbocycles. The summed E-state index contributed by atoms with van der Waals surface area (Å²) in [6.07, 6.45) is -0.571. The summed E-state index contributed by atoms with van der Waals surface area (Å²) in [5.74, 6) is 0.890. The van der Waals surface area contributed by atoms with E-state index in [4.69, 9.17) is 14.3 Å². The molecular weight excluding hydrogens is 424 g/mol. The highest BCUT2D eigenvalue weighted by molar-refractivity contribution is 5.95. The van der Waals surface area contributed by atoms with Gasteiger partial charge >= 0.3 is 0 Å². The molecule has 3 heterocycles. The highest BCUT2D eigenvalue weighted by Crippen LogP contribution is 2.28. The van der Waals surface area contributed by atoms with E-state index in [2.05, 4.69) is 20.6 Å². The molecule has 170 valence electrons. The Labute approximate surface area is 189 Å². The van der Waals surface area contributed by atoms with E-state index < -0.39 is 12.1 Å². The van der Waals surface area contributed by atoms with Gasteiger partial charge in [0.25, 0.3) is 11.9 Å². The van der Waals surface area contributed by atoms with Crippen LogP contribution in [-0.4, -0.2) is 57.3 Å². The maximum atomic E-state index is 12.6. The van der Waals surface area contributed by atoms with Gasteiger partial charge < -0.3 is 30.2 Å². The Balaban J connectivity index is 0.000000601. The van der Waals surface area contributed by atoms with E-state index in [1.165, 1.54) is 0 Å². The number of amides is 1. The number of β-amino-alcohol motifs (C(OH)–C–C–N with tert-alkyl or cyclic N) is 1. The molecule has 0 unspecified atom stereocenters. The highest BCUT2D eigenvalue weighted by Gasteiger charge is 2.26. The molecule has 33 heavy (non-hydrogen) atoms. The molecule has 2 atom stereocenters. The summed E-state index contributed by atoms with van der Waals surface area (Å²) in [6, 6.07) is 18.5. The zero-order valence-corrected chi connectivity index (χ0v) is 17.9. The van der Waals surface area contributed by atoms with Gasteiger partial charge in [-0.25, -0.2) is 4.98 Å². The number of hydrogen-bond acceptors (Lipinski definition) is 6. The van der Waals surface area contributed by atoms with Gasteiger partial charge in [-0.3, -0.25) is 9.59 Å². The molecule has 0 radical (unpaired) electrons. The van der Waals surface area contributed by atoms with Crippen molar-refractivity contribution in [3.05, 3.63) is 66.2 Å². The number of nitrogens with one attached hydrogen (secondary N) is 3. The van der Waals surface area contributed by atoms with E-state index in [-0.39, 0.29) is 11.9 Å². The first-order valence-electron chi connectivity index (χ1n) is 10.5. The number of nitrogens with zero attached hydrogens (tertiary/aromatic N) is 1. The zero-order valence-electron chi connectivity index (χ0n) is 17.9. The monoisotopic (exact) mass is 448 g/mol. The quantitative estimate of drug-likeness (QED) is 0.323. The second kappa shape index (κ2) is 9.68.